The summed E-state index contributed by atoms with van der Waals surface area (Å²) in [7, 11) is 0. The van der Waals surface area contributed by atoms with Crippen LogP contribution in [-0.4, -0.2) is 24.5 Å². The summed E-state index contributed by atoms with van der Waals surface area (Å²) in [5, 5.41) is 2.24. The molecule has 0 bridgehead atoms. The Kier molecular flexibility index (Phi) is 6.27. The van der Waals surface area contributed by atoms with Crippen molar-refractivity contribution in [3.05, 3.63) is 151 Å². The summed E-state index contributed by atoms with van der Waals surface area (Å²) in [5.74, 6) is 2.93. The lowest BCUT2D eigenvalue weighted by Gasteiger charge is -2.14. The second kappa shape index (κ2) is 10.7. The van der Waals surface area contributed by atoms with Gasteiger partial charge in [0.15, 0.2) is 17.5 Å². The minimum atomic E-state index is 0.651. The van der Waals surface area contributed by atoms with Gasteiger partial charge in [0.1, 0.15) is 5.82 Å². The fourth-order valence-electron chi connectivity index (χ4n) is 5.94. The van der Waals surface area contributed by atoms with E-state index in [4.69, 9.17) is 19.9 Å². The Morgan fingerprint density at radius 3 is 1.59 bits per heavy atom. The predicted molar refractivity (Wildman–Crippen MR) is 178 cm³/mol. The lowest BCUT2D eigenvalue weighted by atomic mass is 9.94. The largest absolute Gasteiger partial charge is 0.297 e. The molecule has 5 heteroatoms. The molecule has 5 nitrogen and oxygen atoms in total. The predicted octanol–water partition coefficient (Wildman–Crippen LogP) is 9.34. The second-order valence-electron chi connectivity index (χ2n) is 10.8. The molecule has 0 unspecified atom stereocenters. The number of fused-ring (bicyclic) bond motifs is 2. The van der Waals surface area contributed by atoms with Crippen LogP contribution in [0.15, 0.2) is 146 Å². The number of aryl methyl sites for hydroxylation is 1. The minimum absolute atomic E-state index is 0.651. The Labute approximate surface area is 255 Å². The molecule has 6 aromatic carbocycles. The third-order valence-electron chi connectivity index (χ3n) is 8.03. The molecule has 0 aliphatic carbocycles. The molecule has 44 heavy (non-hydrogen) atoms. The van der Waals surface area contributed by atoms with Crippen LogP contribution < -0.4 is 0 Å². The van der Waals surface area contributed by atoms with Gasteiger partial charge in [-0.25, -0.2) is 19.9 Å². The van der Waals surface area contributed by atoms with Crippen molar-refractivity contribution in [2.75, 3.05) is 0 Å². The molecule has 8 aromatic rings. The fourth-order valence-corrected chi connectivity index (χ4v) is 5.94. The average Bonchev–Trinajstić information content (AvgIpc) is 3.44. The summed E-state index contributed by atoms with van der Waals surface area (Å²) in [6.07, 6.45) is 0. The zero-order valence-corrected chi connectivity index (χ0v) is 24.1. The third-order valence-corrected chi connectivity index (χ3v) is 8.03. The van der Waals surface area contributed by atoms with E-state index >= 15 is 0 Å². The van der Waals surface area contributed by atoms with Gasteiger partial charge in [-0.05, 0) is 59.2 Å². The van der Waals surface area contributed by atoms with Crippen molar-refractivity contribution >= 4 is 21.8 Å². The summed E-state index contributed by atoms with van der Waals surface area (Å²) in [4.78, 5) is 19.6. The Bertz CT molecular complexity index is 2210. The van der Waals surface area contributed by atoms with Crippen LogP contribution in [-0.2, 0) is 0 Å². The highest BCUT2D eigenvalue weighted by Gasteiger charge is 2.16. The number of imidazole rings is 1. The minimum Gasteiger partial charge on any atom is -0.297 e. The van der Waals surface area contributed by atoms with E-state index in [1.54, 1.807) is 0 Å². The highest BCUT2D eigenvalue weighted by atomic mass is 15.1. The van der Waals surface area contributed by atoms with Crippen molar-refractivity contribution in [1.82, 2.24) is 24.5 Å². The van der Waals surface area contributed by atoms with E-state index in [1.165, 1.54) is 0 Å². The van der Waals surface area contributed by atoms with Crippen molar-refractivity contribution < 1.29 is 0 Å². The molecule has 0 saturated heterocycles. The number of benzene rings is 6. The van der Waals surface area contributed by atoms with Crippen LogP contribution in [0.3, 0.4) is 0 Å². The van der Waals surface area contributed by atoms with Gasteiger partial charge in [-0.1, -0.05) is 115 Å². The Morgan fingerprint density at radius 1 is 0.409 bits per heavy atom. The number of aromatic nitrogens is 5. The summed E-state index contributed by atoms with van der Waals surface area (Å²) in [6, 6.07) is 49.9. The molecule has 0 radical (unpaired) electrons. The molecule has 0 amide bonds. The topological polar surface area (TPSA) is 56.5 Å². The van der Waals surface area contributed by atoms with Crippen LogP contribution in [0.4, 0.5) is 0 Å². The third kappa shape index (κ3) is 4.52. The summed E-state index contributed by atoms with van der Waals surface area (Å²) >= 11 is 0. The van der Waals surface area contributed by atoms with Crippen molar-refractivity contribution in [2.45, 2.75) is 6.92 Å². The van der Waals surface area contributed by atoms with E-state index < -0.39 is 0 Å². The zero-order chi connectivity index (χ0) is 29.5. The highest BCUT2D eigenvalue weighted by Crippen LogP contribution is 2.36. The first-order chi connectivity index (χ1) is 21.7. The first-order valence-electron chi connectivity index (χ1n) is 14.7. The quantitative estimate of drug-likeness (QED) is 0.209. The summed E-state index contributed by atoms with van der Waals surface area (Å²) in [6.45, 7) is 2.05. The molecular weight excluding hydrogens is 538 g/mol. The van der Waals surface area contributed by atoms with Crippen LogP contribution in [0.25, 0.3) is 72.8 Å². The maximum absolute atomic E-state index is 4.99. The van der Waals surface area contributed by atoms with Gasteiger partial charge in [-0.3, -0.25) is 4.57 Å². The van der Waals surface area contributed by atoms with Crippen LogP contribution in [0.1, 0.15) is 5.82 Å². The van der Waals surface area contributed by atoms with E-state index in [1.807, 2.05) is 73.7 Å². The molecule has 0 atom stereocenters. The Hall–Kier alpha value is -5.94. The smallest absolute Gasteiger partial charge is 0.164 e. The molecule has 0 spiro atoms. The lowest BCUT2D eigenvalue weighted by molar-refractivity contribution is 1.00. The van der Waals surface area contributed by atoms with Gasteiger partial charge in [0.2, 0.25) is 0 Å². The first-order valence-corrected chi connectivity index (χ1v) is 14.7. The van der Waals surface area contributed by atoms with Gasteiger partial charge in [-0.2, -0.15) is 0 Å². The number of nitrogens with zero attached hydrogens (tertiary/aromatic N) is 5. The van der Waals surface area contributed by atoms with Crippen LogP contribution in [0.2, 0.25) is 0 Å². The van der Waals surface area contributed by atoms with Gasteiger partial charge in [0.25, 0.3) is 0 Å². The van der Waals surface area contributed by atoms with Crippen molar-refractivity contribution in [3.63, 3.8) is 0 Å². The molecule has 2 heterocycles. The first kappa shape index (κ1) is 25.7. The standard InChI is InChI=1S/C39H27N5/c1-26-40-35-18-10-11-19-36(35)44(26)30-22-20-27(21-23-30)31-24-25-34(33-17-9-8-16-32(31)33)39-42-37(28-12-4-2-5-13-28)41-38(43-39)29-14-6-3-7-15-29/h2-25H,1H3. The SMILES string of the molecule is Cc1nc2ccccc2n1-c1ccc(-c2ccc(-c3nc(-c4ccccc4)nc(-c4ccccc4)n3)c3ccccc23)cc1. The Morgan fingerprint density at radius 2 is 0.932 bits per heavy atom. The maximum Gasteiger partial charge on any atom is 0.164 e. The molecule has 0 N–H and O–H groups in total. The number of rotatable bonds is 5. The number of hydrogen-bond donors (Lipinski definition) is 0. The van der Waals surface area contributed by atoms with E-state index in [2.05, 4.69) is 83.4 Å². The van der Waals surface area contributed by atoms with Gasteiger partial charge in [0, 0.05) is 22.4 Å². The molecule has 208 valence electrons. The molecule has 8 rings (SSSR count). The van der Waals surface area contributed by atoms with Crippen molar-refractivity contribution in [3.8, 4) is 51.0 Å². The van der Waals surface area contributed by atoms with Crippen LogP contribution in [0.5, 0.6) is 0 Å². The van der Waals surface area contributed by atoms with E-state index in [-0.39, 0.29) is 0 Å². The maximum atomic E-state index is 4.99. The highest BCUT2D eigenvalue weighted by molar-refractivity contribution is 6.04. The van der Waals surface area contributed by atoms with E-state index in [0.717, 1.165) is 61.1 Å². The monoisotopic (exact) mass is 565 g/mol. The number of para-hydroxylation sites is 2. The van der Waals surface area contributed by atoms with Crippen LogP contribution in [0, 0.1) is 6.92 Å². The van der Waals surface area contributed by atoms with Gasteiger partial charge in [0.05, 0.1) is 11.0 Å². The molecular formula is C39H27N5. The van der Waals surface area contributed by atoms with Crippen molar-refractivity contribution in [2.24, 2.45) is 0 Å². The van der Waals surface area contributed by atoms with Crippen LogP contribution >= 0.6 is 0 Å². The molecule has 2 aromatic heterocycles. The van der Waals surface area contributed by atoms with E-state index in [9.17, 15) is 0 Å². The molecule has 0 aliphatic heterocycles. The fraction of sp³-hybridized carbons (Fsp3) is 0.0256. The molecule has 0 aliphatic rings. The van der Waals surface area contributed by atoms with Crippen molar-refractivity contribution in [1.29, 1.82) is 0 Å². The average molecular weight is 566 g/mol. The molecule has 0 saturated carbocycles. The Balaban J connectivity index is 1.25. The molecule has 0 fully saturated rings. The lowest BCUT2D eigenvalue weighted by Crippen LogP contribution is -2.00. The van der Waals surface area contributed by atoms with Gasteiger partial charge >= 0.3 is 0 Å². The number of hydrogen-bond acceptors (Lipinski definition) is 4. The summed E-state index contributed by atoms with van der Waals surface area (Å²) in [5.41, 5.74) is 8.37. The second-order valence-corrected chi connectivity index (χ2v) is 10.8. The van der Waals surface area contributed by atoms with Gasteiger partial charge in [-0.15, -0.1) is 0 Å². The normalized spacial score (nSPS) is 11.3. The summed E-state index contributed by atoms with van der Waals surface area (Å²) < 4.78 is 2.20. The van der Waals surface area contributed by atoms with E-state index in [0.29, 0.717) is 17.5 Å². The van der Waals surface area contributed by atoms with Gasteiger partial charge < -0.3 is 0 Å². The zero-order valence-electron chi connectivity index (χ0n) is 24.1.